The van der Waals surface area contributed by atoms with E-state index in [1.165, 1.54) is 23.0 Å². The summed E-state index contributed by atoms with van der Waals surface area (Å²) in [5.41, 5.74) is -1.29. The number of carbonyl (C=O) groups is 1. The van der Waals surface area contributed by atoms with Crippen LogP contribution in [-0.2, 0) is 17.5 Å². The van der Waals surface area contributed by atoms with Crippen molar-refractivity contribution in [2.45, 2.75) is 12.7 Å². The number of nitro groups is 1. The van der Waals surface area contributed by atoms with Crippen molar-refractivity contribution in [2.75, 3.05) is 5.32 Å². The van der Waals surface area contributed by atoms with Gasteiger partial charge < -0.3 is 10.1 Å². The fraction of sp³-hybridized carbons (Fsp3) is 0.111. The van der Waals surface area contributed by atoms with Crippen LogP contribution in [0, 0.1) is 10.1 Å². The number of benzene rings is 2. The Balaban J connectivity index is 1.82. The number of aromatic nitrogens is 2. The minimum Gasteiger partial charge on any atom is -0.457 e. The standard InChI is InChI=1S/C18H12BrF3N4O4/c19-12-8-23-25(9-12)10-17(27)24-13-5-14(26(28)29)7-16(6-13)30-15-3-1-2-11(4-15)18(20,21)22/h1-9H,10H2,(H,24,27). The number of nitrogens with zero attached hydrogens (tertiary/aromatic N) is 3. The lowest BCUT2D eigenvalue weighted by molar-refractivity contribution is -0.384. The van der Waals surface area contributed by atoms with E-state index in [9.17, 15) is 28.1 Å². The minimum atomic E-state index is -4.57. The fourth-order valence-electron chi connectivity index (χ4n) is 2.46. The van der Waals surface area contributed by atoms with Gasteiger partial charge in [-0.2, -0.15) is 18.3 Å². The zero-order valence-electron chi connectivity index (χ0n) is 14.9. The Hall–Kier alpha value is -3.41. The molecule has 3 aromatic rings. The van der Waals surface area contributed by atoms with E-state index in [-0.39, 0.29) is 23.7 Å². The molecule has 0 saturated carbocycles. The predicted molar refractivity (Wildman–Crippen MR) is 103 cm³/mol. The molecule has 12 heteroatoms. The lowest BCUT2D eigenvalue weighted by atomic mass is 10.2. The van der Waals surface area contributed by atoms with Crippen molar-refractivity contribution in [1.29, 1.82) is 0 Å². The van der Waals surface area contributed by atoms with Crippen molar-refractivity contribution >= 4 is 33.2 Å². The molecule has 0 aliphatic heterocycles. The Kier molecular flexibility index (Phi) is 6.06. The zero-order chi connectivity index (χ0) is 21.9. The maximum Gasteiger partial charge on any atom is 0.416 e. The van der Waals surface area contributed by atoms with Gasteiger partial charge in [0.1, 0.15) is 18.0 Å². The lowest BCUT2D eigenvalue weighted by Crippen LogP contribution is -2.19. The molecule has 1 aromatic heterocycles. The van der Waals surface area contributed by atoms with Gasteiger partial charge in [-0.15, -0.1) is 0 Å². The van der Waals surface area contributed by atoms with E-state index in [1.54, 1.807) is 6.20 Å². The molecule has 0 saturated heterocycles. The number of carbonyl (C=O) groups excluding carboxylic acids is 1. The number of nitrogens with one attached hydrogen (secondary N) is 1. The molecule has 3 rings (SSSR count). The molecular formula is C18H12BrF3N4O4. The van der Waals surface area contributed by atoms with E-state index in [0.29, 0.717) is 4.47 Å². The predicted octanol–water partition coefficient (Wildman–Crippen LogP) is 5.00. The number of hydrogen-bond donors (Lipinski definition) is 1. The summed E-state index contributed by atoms with van der Waals surface area (Å²) in [6, 6.07) is 7.50. The van der Waals surface area contributed by atoms with Gasteiger partial charge in [0.15, 0.2) is 0 Å². The second kappa shape index (κ2) is 8.53. The average molecular weight is 485 g/mol. The SMILES string of the molecule is O=C(Cn1cc(Br)cn1)Nc1cc(Oc2cccc(C(F)(F)F)c2)cc([N+](=O)[O-])c1. The molecule has 0 aliphatic carbocycles. The summed E-state index contributed by atoms with van der Waals surface area (Å²) < 4.78 is 46.0. The molecule has 1 heterocycles. The van der Waals surface area contributed by atoms with Gasteiger partial charge >= 0.3 is 6.18 Å². The smallest absolute Gasteiger partial charge is 0.416 e. The van der Waals surface area contributed by atoms with Gasteiger partial charge in [-0.1, -0.05) is 6.07 Å². The molecule has 0 spiro atoms. The topological polar surface area (TPSA) is 99.3 Å². The van der Waals surface area contributed by atoms with Crippen molar-refractivity contribution in [3.63, 3.8) is 0 Å². The number of rotatable bonds is 6. The van der Waals surface area contributed by atoms with E-state index < -0.39 is 28.3 Å². The third-order valence-electron chi connectivity index (χ3n) is 3.69. The van der Waals surface area contributed by atoms with E-state index in [0.717, 1.165) is 30.3 Å². The van der Waals surface area contributed by atoms with Gasteiger partial charge in [0.2, 0.25) is 5.91 Å². The van der Waals surface area contributed by atoms with Crippen LogP contribution in [0.15, 0.2) is 59.3 Å². The van der Waals surface area contributed by atoms with Gasteiger partial charge in [0.25, 0.3) is 5.69 Å². The summed E-state index contributed by atoms with van der Waals surface area (Å²) in [5, 5.41) is 17.6. The van der Waals surface area contributed by atoms with Gasteiger partial charge in [0.05, 0.1) is 32.9 Å². The fourth-order valence-corrected chi connectivity index (χ4v) is 2.79. The zero-order valence-corrected chi connectivity index (χ0v) is 16.5. The molecule has 0 radical (unpaired) electrons. The van der Waals surface area contributed by atoms with Crippen LogP contribution in [0.1, 0.15) is 5.56 Å². The molecule has 2 aromatic carbocycles. The first kappa shape index (κ1) is 21.3. The van der Waals surface area contributed by atoms with Gasteiger partial charge in [-0.3, -0.25) is 19.6 Å². The molecule has 0 aliphatic rings. The first-order valence-corrected chi connectivity index (χ1v) is 9.02. The number of amides is 1. The highest BCUT2D eigenvalue weighted by atomic mass is 79.9. The molecule has 0 atom stereocenters. The van der Waals surface area contributed by atoms with Crippen molar-refractivity contribution in [1.82, 2.24) is 9.78 Å². The summed E-state index contributed by atoms with van der Waals surface area (Å²) in [6.45, 7) is -0.155. The monoisotopic (exact) mass is 484 g/mol. The normalized spacial score (nSPS) is 11.2. The van der Waals surface area contributed by atoms with Crippen molar-refractivity contribution < 1.29 is 27.6 Å². The molecule has 0 fully saturated rings. The van der Waals surface area contributed by atoms with E-state index in [1.807, 2.05) is 0 Å². The lowest BCUT2D eigenvalue weighted by Gasteiger charge is -2.11. The highest BCUT2D eigenvalue weighted by molar-refractivity contribution is 9.10. The van der Waals surface area contributed by atoms with Gasteiger partial charge in [-0.25, -0.2) is 0 Å². The van der Waals surface area contributed by atoms with Crippen LogP contribution >= 0.6 is 15.9 Å². The Bertz CT molecular complexity index is 1100. The van der Waals surface area contributed by atoms with E-state index in [4.69, 9.17) is 4.74 Å². The van der Waals surface area contributed by atoms with Crippen LogP contribution in [0.2, 0.25) is 0 Å². The van der Waals surface area contributed by atoms with Crippen LogP contribution in [0.25, 0.3) is 0 Å². The Morgan fingerprint density at radius 2 is 2.00 bits per heavy atom. The van der Waals surface area contributed by atoms with Crippen LogP contribution < -0.4 is 10.1 Å². The highest BCUT2D eigenvalue weighted by Crippen LogP contribution is 2.34. The van der Waals surface area contributed by atoms with Gasteiger partial charge in [-0.05, 0) is 34.1 Å². The summed E-state index contributed by atoms with van der Waals surface area (Å²) in [7, 11) is 0. The Morgan fingerprint density at radius 1 is 1.23 bits per heavy atom. The largest absolute Gasteiger partial charge is 0.457 e. The second-order valence-electron chi connectivity index (χ2n) is 6.00. The number of halogens is 4. The molecule has 1 N–H and O–H groups in total. The molecule has 0 bridgehead atoms. The quantitative estimate of drug-likeness (QED) is 0.391. The molecule has 1 amide bonds. The summed E-state index contributed by atoms with van der Waals surface area (Å²) >= 11 is 3.20. The Morgan fingerprint density at radius 3 is 2.63 bits per heavy atom. The highest BCUT2D eigenvalue weighted by Gasteiger charge is 2.30. The molecule has 0 unspecified atom stereocenters. The maximum absolute atomic E-state index is 12.9. The first-order chi connectivity index (χ1) is 14.1. The number of ether oxygens (including phenoxy) is 1. The molecule has 30 heavy (non-hydrogen) atoms. The molecule has 156 valence electrons. The Labute approximate surface area is 175 Å². The second-order valence-corrected chi connectivity index (χ2v) is 6.92. The number of anilines is 1. The maximum atomic E-state index is 12.9. The van der Waals surface area contributed by atoms with Crippen LogP contribution in [-0.4, -0.2) is 20.6 Å². The van der Waals surface area contributed by atoms with Crippen LogP contribution in [0.5, 0.6) is 11.5 Å². The van der Waals surface area contributed by atoms with Crippen LogP contribution in [0.4, 0.5) is 24.5 Å². The number of hydrogen-bond acceptors (Lipinski definition) is 5. The minimum absolute atomic E-state index is 0.0439. The van der Waals surface area contributed by atoms with Crippen molar-refractivity contribution in [2.24, 2.45) is 0 Å². The van der Waals surface area contributed by atoms with E-state index in [2.05, 4.69) is 26.3 Å². The molecule has 8 nitrogen and oxygen atoms in total. The van der Waals surface area contributed by atoms with Crippen molar-refractivity contribution in [3.8, 4) is 11.5 Å². The average Bonchev–Trinajstić information content (AvgIpc) is 3.05. The summed E-state index contributed by atoms with van der Waals surface area (Å²) in [4.78, 5) is 22.7. The first-order valence-electron chi connectivity index (χ1n) is 8.22. The van der Waals surface area contributed by atoms with Crippen LogP contribution in [0.3, 0.4) is 0 Å². The molecular weight excluding hydrogens is 473 g/mol. The van der Waals surface area contributed by atoms with Crippen molar-refractivity contribution in [3.05, 3.63) is 75.0 Å². The summed E-state index contributed by atoms with van der Waals surface area (Å²) in [5.74, 6) is -0.791. The number of alkyl halides is 3. The summed E-state index contributed by atoms with van der Waals surface area (Å²) in [6.07, 6.45) is -1.51. The third kappa shape index (κ3) is 5.56. The number of nitro benzene ring substituents is 1. The number of non-ortho nitro benzene ring substituents is 1. The van der Waals surface area contributed by atoms with Gasteiger partial charge in [0, 0.05) is 18.3 Å². The van der Waals surface area contributed by atoms with E-state index >= 15 is 0 Å². The third-order valence-corrected chi connectivity index (χ3v) is 4.10.